The number of aryl methyl sites for hydroxylation is 2. The van der Waals surface area contributed by atoms with Gasteiger partial charge < -0.3 is 10.0 Å². The fraction of sp³-hybridized carbons (Fsp3) is 0.647. The van der Waals surface area contributed by atoms with Crippen LogP contribution in [0.2, 0.25) is 0 Å². The average molecular weight is 288 g/mol. The number of aromatic carboxylic acids is 1. The molecule has 1 N–H and O–H groups in total. The van der Waals surface area contributed by atoms with Gasteiger partial charge in [-0.15, -0.1) is 0 Å². The normalized spacial score (nSPS) is 27.1. The molecule has 114 valence electrons. The Balaban J connectivity index is 1.84. The topological polar surface area (TPSA) is 53.4 Å². The molecule has 2 aliphatic carbocycles. The van der Waals surface area contributed by atoms with Crippen molar-refractivity contribution in [1.82, 2.24) is 4.98 Å². The minimum Gasteiger partial charge on any atom is -0.478 e. The van der Waals surface area contributed by atoms with Crippen LogP contribution in [0.1, 0.15) is 47.4 Å². The summed E-state index contributed by atoms with van der Waals surface area (Å²) in [6, 6.07) is 1.91. The molecule has 2 bridgehead atoms. The van der Waals surface area contributed by atoms with Crippen LogP contribution >= 0.6 is 0 Å². The predicted octanol–water partition coefficient (Wildman–Crippen LogP) is 3.27. The summed E-state index contributed by atoms with van der Waals surface area (Å²) in [7, 11) is 2.02. The summed E-state index contributed by atoms with van der Waals surface area (Å²) >= 11 is 0. The Hall–Kier alpha value is -1.58. The van der Waals surface area contributed by atoms with Gasteiger partial charge in [-0.1, -0.05) is 6.42 Å². The lowest BCUT2D eigenvalue weighted by molar-refractivity contribution is 0.0696. The summed E-state index contributed by atoms with van der Waals surface area (Å²) < 4.78 is 0. The maximum absolute atomic E-state index is 11.6. The zero-order valence-corrected chi connectivity index (χ0v) is 13.1. The number of nitrogens with zero attached hydrogens (tertiary/aromatic N) is 2. The summed E-state index contributed by atoms with van der Waals surface area (Å²) in [6.45, 7) is 4.67. The van der Waals surface area contributed by atoms with E-state index in [-0.39, 0.29) is 0 Å². The molecule has 4 nitrogen and oxygen atoms in total. The number of aromatic nitrogens is 1. The van der Waals surface area contributed by atoms with Gasteiger partial charge in [0.1, 0.15) is 5.56 Å². The minimum atomic E-state index is -0.880. The van der Waals surface area contributed by atoms with Crippen LogP contribution in [0.15, 0.2) is 6.07 Å². The lowest BCUT2D eigenvalue weighted by atomic mass is 9.88. The first kappa shape index (κ1) is 14.4. The van der Waals surface area contributed by atoms with E-state index >= 15 is 0 Å². The highest BCUT2D eigenvalue weighted by atomic mass is 16.4. The molecule has 3 unspecified atom stereocenters. The van der Waals surface area contributed by atoms with Crippen molar-refractivity contribution in [2.75, 3.05) is 18.5 Å². The Labute approximate surface area is 126 Å². The van der Waals surface area contributed by atoms with E-state index in [1.54, 1.807) is 6.92 Å². The quantitative estimate of drug-likeness (QED) is 0.924. The fourth-order valence-electron chi connectivity index (χ4n) is 4.42. The van der Waals surface area contributed by atoms with E-state index in [4.69, 9.17) is 0 Å². The smallest absolute Gasteiger partial charge is 0.339 e. The largest absolute Gasteiger partial charge is 0.478 e. The Morgan fingerprint density at radius 3 is 2.71 bits per heavy atom. The van der Waals surface area contributed by atoms with Crippen LogP contribution in [-0.2, 0) is 0 Å². The third kappa shape index (κ3) is 2.63. The zero-order valence-electron chi connectivity index (χ0n) is 13.1. The molecule has 0 aliphatic heterocycles. The van der Waals surface area contributed by atoms with Crippen molar-refractivity contribution in [3.63, 3.8) is 0 Å². The van der Waals surface area contributed by atoms with Crippen LogP contribution in [0.25, 0.3) is 0 Å². The van der Waals surface area contributed by atoms with Crippen LogP contribution in [0.3, 0.4) is 0 Å². The van der Waals surface area contributed by atoms with Crippen molar-refractivity contribution in [2.45, 2.75) is 39.5 Å². The maximum Gasteiger partial charge on any atom is 0.339 e. The minimum absolute atomic E-state index is 0.353. The molecular formula is C17H24N2O2. The van der Waals surface area contributed by atoms with Gasteiger partial charge in [0.2, 0.25) is 0 Å². The molecule has 2 saturated carbocycles. The van der Waals surface area contributed by atoms with Gasteiger partial charge in [0.25, 0.3) is 0 Å². The first-order valence-corrected chi connectivity index (χ1v) is 7.88. The van der Waals surface area contributed by atoms with E-state index in [0.29, 0.717) is 11.3 Å². The van der Waals surface area contributed by atoms with Crippen LogP contribution in [0.5, 0.6) is 0 Å². The number of carbonyl (C=O) groups is 1. The SMILES string of the molecule is Cc1cc(N(C)CC2CC3CCC2C3)c(C(=O)O)c(C)n1. The molecule has 0 aromatic carbocycles. The second kappa shape index (κ2) is 5.32. The summed E-state index contributed by atoms with van der Waals surface area (Å²) in [5.74, 6) is 1.63. The van der Waals surface area contributed by atoms with Gasteiger partial charge >= 0.3 is 5.97 Å². The lowest BCUT2D eigenvalue weighted by Gasteiger charge is -2.29. The number of carboxylic acid groups (broad SMARTS) is 1. The van der Waals surface area contributed by atoms with E-state index < -0.39 is 5.97 Å². The third-order valence-electron chi connectivity index (χ3n) is 5.33. The molecule has 3 atom stereocenters. The number of hydrogen-bond donors (Lipinski definition) is 1. The summed E-state index contributed by atoms with van der Waals surface area (Å²) in [4.78, 5) is 18.0. The molecule has 0 amide bonds. The van der Waals surface area contributed by atoms with Crippen molar-refractivity contribution in [1.29, 1.82) is 0 Å². The summed E-state index contributed by atoms with van der Waals surface area (Å²) in [5.41, 5.74) is 2.66. The molecule has 0 radical (unpaired) electrons. The Morgan fingerprint density at radius 2 is 2.14 bits per heavy atom. The van der Waals surface area contributed by atoms with Crippen LogP contribution < -0.4 is 4.90 Å². The van der Waals surface area contributed by atoms with Gasteiger partial charge in [-0.05, 0) is 56.9 Å². The average Bonchev–Trinajstić information content (AvgIpc) is 2.99. The summed E-state index contributed by atoms with van der Waals surface area (Å²) in [6.07, 6.45) is 5.47. The van der Waals surface area contributed by atoms with Gasteiger partial charge in [-0.25, -0.2) is 4.79 Å². The Bertz CT molecular complexity index is 570. The fourth-order valence-corrected chi connectivity index (χ4v) is 4.42. The molecule has 2 fully saturated rings. The van der Waals surface area contributed by atoms with Gasteiger partial charge in [0.05, 0.1) is 11.4 Å². The summed E-state index contributed by atoms with van der Waals surface area (Å²) in [5, 5.41) is 9.49. The van der Waals surface area contributed by atoms with Gasteiger partial charge in [0.15, 0.2) is 0 Å². The van der Waals surface area contributed by atoms with E-state index in [9.17, 15) is 9.90 Å². The first-order valence-electron chi connectivity index (χ1n) is 7.88. The third-order valence-corrected chi connectivity index (χ3v) is 5.33. The molecule has 4 heteroatoms. The highest BCUT2D eigenvalue weighted by Crippen LogP contribution is 2.48. The Morgan fingerprint density at radius 1 is 1.38 bits per heavy atom. The van der Waals surface area contributed by atoms with Gasteiger partial charge in [-0.2, -0.15) is 0 Å². The number of fused-ring (bicyclic) bond motifs is 2. The number of anilines is 1. The second-order valence-corrected chi connectivity index (χ2v) is 6.86. The van der Waals surface area contributed by atoms with Crippen molar-refractivity contribution < 1.29 is 9.90 Å². The zero-order chi connectivity index (χ0) is 15.1. The van der Waals surface area contributed by atoms with Crippen molar-refractivity contribution in [2.24, 2.45) is 17.8 Å². The molecular weight excluding hydrogens is 264 g/mol. The van der Waals surface area contributed by atoms with E-state index in [0.717, 1.165) is 35.7 Å². The molecule has 1 heterocycles. The lowest BCUT2D eigenvalue weighted by Crippen LogP contribution is -2.30. The van der Waals surface area contributed by atoms with Crippen LogP contribution in [0.4, 0.5) is 5.69 Å². The molecule has 1 aromatic rings. The molecule has 0 saturated heterocycles. The van der Waals surface area contributed by atoms with Crippen LogP contribution in [-0.4, -0.2) is 29.7 Å². The number of carboxylic acids is 1. The first-order chi connectivity index (χ1) is 9.95. The monoisotopic (exact) mass is 288 g/mol. The number of pyridine rings is 1. The standard InChI is InChI=1S/C17H24N2O2/c1-10-6-15(16(17(20)21)11(2)18-10)19(3)9-14-8-12-4-5-13(14)7-12/h6,12-14H,4-5,7-9H2,1-3H3,(H,20,21). The molecule has 3 rings (SSSR count). The van der Waals surface area contributed by atoms with Crippen molar-refractivity contribution >= 4 is 11.7 Å². The highest BCUT2D eigenvalue weighted by molar-refractivity contribution is 5.95. The van der Waals surface area contributed by atoms with Crippen molar-refractivity contribution in [3.8, 4) is 0 Å². The number of hydrogen-bond acceptors (Lipinski definition) is 3. The van der Waals surface area contributed by atoms with Gasteiger partial charge in [-0.3, -0.25) is 4.98 Å². The maximum atomic E-state index is 11.6. The van der Waals surface area contributed by atoms with E-state index in [2.05, 4.69) is 9.88 Å². The van der Waals surface area contributed by atoms with Gasteiger partial charge in [0, 0.05) is 19.3 Å². The van der Waals surface area contributed by atoms with Crippen LogP contribution in [0, 0.1) is 31.6 Å². The Kier molecular flexibility index (Phi) is 3.64. The molecule has 2 aliphatic rings. The molecule has 21 heavy (non-hydrogen) atoms. The molecule has 0 spiro atoms. The second-order valence-electron chi connectivity index (χ2n) is 6.86. The highest BCUT2D eigenvalue weighted by Gasteiger charge is 2.39. The van der Waals surface area contributed by atoms with Crippen molar-refractivity contribution in [3.05, 3.63) is 23.0 Å². The van der Waals surface area contributed by atoms with E-state index in [1.165, 1.54) is 25.7 Å². The van der Waals surface area contributed by atoms with E-state index in [1.807, 2.05) is 20.0 Å². The molecule has 1 aromatic heterocycles. The number of rotatable bonds is 4. The predicted molar refractivity (Wildman–Crippen MR) is 82.9 cm³/mol.